The third kappa shape index (κ3) is 2.52. The highest BCUT2D eigenvalue weighted by molar-refractivity contribution is 5.79. The van der Waals surface area contributed by atoms with Gasteiger partial charge >= 0.3 is 0 Å². The van der Waals surface area contributed by atoms with Crippen molar-refractivity contribution < 1.29 is 0 Å². The standard InChI is InChI=1S/C15H16N6O/c1-15(2,3)12-13(22)21(14-18-16-10-20(14)19-12)17-9-11-7-5-4-6-8-11/h4-10H,1-3H3/b17-9-. The Bertz CT molecular complexity index is 886. The summed E-state index contributed by atoms with van der Waals surface area (Å²) in [5.41, 5.74) is 0.603. The van der Waals surface area contributed by atoms with Gasteiger partial charge < -0.3 is 0 Å². The van der Waals surface area contributed by atoms with Gasteiger partial charge in [-0.3, -0.25) is 4.79 Å². The highest BCUT2D eigenvalue weighted by Crippen LogP contribution is 2.16. The summed E-state index contributed by atoms with van der Waals surface area (Å²) in [6.45, 7) is 5.79. The summed E-state index contributed by atoms with van der Waals surface area (Å²) in [7, 11) is 0. The van der Waals surface area contributed by atoms with Crippen molar-refractivity contribution in [3.63, 3.8) is 0 Å². The first-order valence-corrected chi connectivity index (χ1v) is 6.90. The molecule has 3 aromatic rings. The Hall–Kier alpha value is -2.83. The van der Waals surface area contributed by atoms with Gasteiger partial charge in [0.05, 0.1) is 6.21 Å². The van der Waals surface area contributed by atoms with Crippen molar-refractivity contribution in [2.45, 2.75) is 26.2 Å². The lowest BCUT2D eigenvalue weighted by atomic mass is 9.93. The molecule has 0 aliphatic rings. The van der Waals surface area contributed by atoms with Crippen LogP contribution in [0.5, 0.6) is 0 Å². The molecule has 0 saturated heterocycles. The van der Waals surface area contributed by atoms with E-state index in [2.05, 4.69) is 20.4 Å². The van der Waals surface area contributed by atoms with E-state index in [0.29, 0.717) is 5.69 Å². The molecule has 2 heterocycles. The lowest BCUT2D eigenvalue weighted by Gasteiger charge is -2.16. The van der Waals surface area contributed by atoms with Crippen molar-refractivity contribution in [3.05, 3.63) is 58.3 Å². The summed E-state index contributed by atoms with van der Waals surface area (Å²) in [5.74, 6) is 0.283. The van der Waals surface area contributed by atoms with E-state index in [9.17, 15) is 4.79 Å². The van der Waals surface area contributed by atoms with E-state index in [0.717, 1.165) is 5.56 Å². The predicted octanol–water partition coefficient (Wildman–Crippen LogP) is 1.47. The van der Waals surface area contributed by atoms with Gasteiger partial charge in [-0.1, -0.05) is 51.1 Å². The van der Waals surface area contributed by atoms with Crippen LogP contribution in [0, 0.1) is 0 Å². The van der Waals surface area contributed by atoms with Gasteiger partial charge in [0.2, 0.25) is 0 Å². The first-order chi connectivity index (χ1) is 10.5. The Kier molecular flexibility index (Phi) is 3.32. The molecule has 0 amide bonds. The Labute approximate surface area is 126 Å². The smallest absolute Gasteiger partial charge is 0.265 e. The summed E-state index contributed by atoms with van der Waals surface area (Å²) < 4.78 is 2.69. The van der Waals surface area contributed by atoms with E-state index in [1.807, 2.05) is 51.1 Å². The first-order valence-electron chi connectivity index (χ1n) is 6.90. The molecular weight excluding hydrogens is 280 g/mol. The summed E-state index contributed by atoms with van der Waals surface area (Å²) in [6.07, 6.45) is 3.07. The Morgan fingerprint density at radius 1 is 1.18 bits per heavy atom. The minimum atomic E-state index is -0.403. The Balaban J connectivity index is 2.20. The van der Waals surface area contributed by atoms with E-state index < -0.39 is 5.41 Å². The molecule has 0 bridgehead atoms. The number of benzene rings is 1. The van der Waals surface area contributed by atoms with Gasteiger partial charge in [-0.25, -0.2) is 0 Å². The van der Waals surface area contributed by atoms with Crippen LogP contribution in [-0.2, 0) is 5.41 Å². The highest BCUT2D eigenvalue weighted by Gasteiger charge is 2.23. The molecule has 0 radical (unpaired) electrons. The van der Waals surface area contributed by atoms with Crippen LogP contribution in [0.4, 0.5) is 0 Å². The van der Waals surface area contributed by atoms with Crippen molar-refractivity contribution in [2.24, 2.45) is 5.10 Å². The minimum Gasteiger partial charge on any atom is -0.265 e. The van der Waals surface area contributed by atoms with Crippen LogP contribution in [0.3, 0.4) is 0 Å². The van der Waals surface area contributed by atoms with Crippen LogP contribution in [-0.4, -0.2) is 30.7 Å². The number of fused-ring (bicyclic) bond motifs is 1. The van der Waals surface area contributed by atoms with Crippen LogP contribution in [0.25, 0.3) is 5.78 Å². The molecule has 22 heavy (non-hydrogen) atoms. The lowest BCUT2D eigenvalue weighted by Crippen LogP contribution is -2.33. The van der Waals surface area contributed by atoms with Crippen molar-refractivity contribution >= 4 is 12.0 Å². The van der Waals surface area contributed by atoms with E-state index in [1.165, 1.54) is 15.5 Å². The summed E-state index contributed by atoms with van der Waals surface area (Å²) >= 11 is 0. The number of aromatic nitrogens is 5. The molecule has 2 aromatic heterocycles. The van der Waals surface area contributed by atoms with Crippen LogP contribution >= 0.6 is 0 Å². The summed E-state index contributed by atoms with van der Waals surface area (Å²) in [4.78, 5) is 12.7. The van der Waals surface area contributed by atoms with Crippen LogP contribution < -0.4 is 5.56 Å². The molecule has 0 atom stereocenters. The molecule has 0 N–H and O–H groups in total. The first kappa shape index (κ1) is 14.1. The van der Waals surface area contributed by atoms with Gasteiger partial charge in [0.1, 0.15) is 12.0 Å². The van der Waals surface area contributed by atoms with Crippen LogP contribution in [0.15, 0.2) is 46.6 Å². The van der Waals surface area contributed by atoms with Crippen molar-refractivity contribution in [3.8, 4) is 0 Å². The van der Waals surface area contributed by atoms with Gasteiger partial charge in [-0.05, 0) is 5.56 Å². The van der Waals surface area contributed by atoms with E-state index in [-0.39, 0.29) is 11.3 Å². The molecular formula is C15H16N6O. The normalized spacial score (nSPS) is 12.3. The summed E-state index contributed by atoms with van der Waals surface area (Å²) in [6, 6.07) is 9.54. The topological polar surface area (TPSA) is 77.4 Å². The second-order valence-electron chi connectivity index (χ2n) is 5.95. The van der Waals surface area contributed by atoms with E-state index in [1.54, 1.807) is 6.21 Å². The van der Waals surface area contributed by atoms with Gasteiger partial charge in [0, 0.05) is 5.41 Å². The fourth-order valence-electron chi connectivity index (χ4n) is 2.01. The van der Waals surface area contributed by atoms with Gasteiger partial charge in [-0.15, -0.1) is 10.2 Å². The maximum Gasteiger partial charge on any atom is 0.298 e. The molecule has 0 unspecified atom stereocenters. The Morgan fingerprint density at radius 2 is 1.91 bits per heavy atom. The quantitative estimate of drug-likeness (QED) is 0.671. The lowest BCUT2D eigenvalue weighted by molar-refractivity contribution is 0.529. The molecule has 0 aliphatic heterocycles. The van der Waals surface area contributed by atoms with Crippen molar-refractivity contribution in [1.82, 2.24) is 24.5 Å². The Morgan fingerprint density at radius 3 is 2.59 bits per heavy atom. The van der Waals surface area contributed by atoms with Crippen LogP contribution in [0.2, 0.25) is 0 Å². The van der Waals surface area contributed by atoms with E-state index in [4.69, 9.17) is 0 Å². The number of nitrogens with zero attached hydrogens (tertiary/aromatic N) is 6. The third-order valence-corrected chi connectivity index (χ3v) is 3.14. The molecule has 0 fully saturated rings. The zero-order valence-corrected chi connectivity index (χ0v) is 12.6. The fraction of sp³-hybridized carbons (Fsp3) is 0.267. The molecule has 7 nitrogen and oxygen atoms in total. The molecule has 112 valence electrons. The minimum absolute atomic E-state index is 0.283. The predicted molar refractivity (Wildman–Crippen MR) is 83.2 cm³/mol. The molecule has 0 saturated carbocycles. The SMILES string of the molecule is CC(C)(C)c1nn2cnnc2n(/N=C\c2ccccc2)c1=O. The van der Waals surface area contributed by atoms with Crippen LogP contribution in [0.1, 0.15) is 32.0 Å². The second-order valence-corrected chi connectivity index (χ2v) is 5.95. The number of hydrogen-bond acceptors (Lipinski definition) is 5. The van der Waals surface area contributed by atoms with Crippen molar-refractivity contribution in [2.75, 3.05) is 0 Å². The zero-order chi connectivity index (χ0) is 15.7. The average Bonchev–Trinajstić information content (AvgIpc) is 2.94. The molecule has 3 rings (SSSR count). The van der Waals surface area contributed by atoms with E-state index >= 15 is 0 Å². The van der Waals surface area contributed by atoms with Crippen molar-refractivity contribution in [1.29, 1.82) is 0 Å². The van der Waals surface area contributed by atoms with Gasteiger partial charge in [0.15, 0.2) is 0 Å². The van der Waals surface area contributed by atoms with Gasteiger partial charge in [-0.2, -0.15) is 19.4 Å². The summed E-state index contributed by atoms with van der Waals surface area (Å²) in [5, 5.41) is 16.3. The number of hydrogen-bond donors (Lipinski definition) is 0. The number of rotatable bonds is 2. The maximum atomic E-state index is 12.7. The fourth-order valence-corrected chi connectivity index (χ4v) is 2.01. The third-order valence-electron chi connectivity index (χ3n) is 3.14. The van der Waals surface area contributed by atoms with Gasteiger partial charge in [0.25, 0.3) is 11.3 Å². The molecule has 1 aromatic carbocycles. The zero-order valence-electron chi connectivity index (χ0n) is 12.6. The monoisotopic (exact) mass is 296 g/mol. The second kappa shape index (κ2) is 5.18. The average molecular weight is 296 g/mol. The maximum absolute atomic E-state index is 12.7. The largest absolute Gasteiger partial charge is 0.298 e. The highest BCUT2D eigenvalue weighted by atomic mass is 16.1. The molecule has 0 aliphatic carbocycles. The molecule has 7 heteroatoms. The molecule has 0 spiro atoms.